The zero-order valence-electron chi connectivity index (χ0n) is 16.1. The summed E-state index contributed by atoms with van der Waals surface area (Å²) in [5.41, 5.74) is 3.70. The van der Waals surface area contributed by atoms with Gasteiger partial charge in [-0.15, -0.1) is 0 Å². The van der Waals surface area contributed by atoms with Crippen molar-refractivity contribution in [2.75, 3.05) is 12.3 Å². The first-order valence-electron chi connectivity index (χ1n) is 9.26. The fourth-order valence-corrected chi connectivity index (χ4v) is 10.6. The Labute approximate surface area is 169 Å². The van der Waals surface area contributed by atoms with E-state index in [-0.39, 0.29) is 0 Å². The van der Waals surface area contributed by atoms with Crippen LogP contribution < -0.4 is 15.9 Å². The van der Waals surface area contributed by atoms with Crippen molar-refractivity contribution in [1.29, 1.82) is 0 Å². The summed E-state index contributed by atoms with van der Waals surface area (Å²) in [6, 6.07) is 25.2. The first-order valence-corrected chi connectivity index (χ1v) is 14.0. The van der Waals surface area contributed by atoms with Crippen LogP contribution in [0.2, 0.25) is 0 Å². The number of hydrogen-bond donors (Lipinski definition) is 1. The molecule has 0 heterocycles. The van der Waals surface area contributed by atoms with Gasteiger partial charge >= 0.3 is 169 Å². The molecule has 27 heavy (non-hydrogen) atoms. The monoisotopic (exact) mass is 416 g/mol. The van der Waals surface area contributed by atoms with Gasteiger partial charge in [-0.25, -0.2) is 0 Å². The van der Waals surface area contributed by atoms with Crippen LogP contribution in [-0.4, -0.2) is 17.2 Å². The predicted octanol–water partition coefficient (Wildman–Crippen LogP) is 5.18. The molecule has 3 aromatic carbocycles. The summed E-state index contributed by atoms with van der Waals surface area (Å²) < 4.78 is 0. The SMILES string of the molecule is Cc1ccccc1P(CC[PH](O)(Cl)c1ccccc1C)c1ccccc1C. The molecule has 4 heteroatoms. The van der Waals surface area contributed by atoms with E-state index in [1.54, 1.807) is 0 Å². The molecule has 0 bridgehead atoms. The topological polar surface area (TPSA) is 20.2 Å². The maximum atomic E-state index is 11.2. The van der Waals surface area contributed by atoms with Crippen LogP contribution in [0.4, 0.5) is 0 Å². The van der Waals surface area contributed by atoms with Gasteiger partial charge in [-0.1, -0.05) is 0 Å². The first-order chi connectivity index (χ1) is 12.9. The molecule has 0 saturated carbocycles. The van der Waals surface area contributed by atoms with Crippen molar-refractivity contribution >= 4 is 41.9 Å². The van der Waals surface area contributed by atoms with E-state index in [0.717, 1.165) is 17.0 Å². The molecule has 0 spiro atoms. The Morgan fingerprint density at radius 1 is 0.741 bits per heavy atom. The van der Waals surface area contributed by atoms with Crippen molar-refractivity contribution in [2.24, 2.45) is 0 Å². The minimum atomic E-state index is -3.00. The van der Waals surface area contributed by atoms with Crippen LogP contribution in [0, 0.1) is 20.8 Å². The number of aryl methyl sites for hydroxylation is 3. The quantitative estimate of drug-likeness (QED) is 0.549. The van der Waals surface area contributed by atoms with Gasteiger partial charge in [0, 0.05) is 0 Å². The maximum absolute atomic E-state index is 11.2. The van der Waals surface area contributed by atoms with Crippen LogP contribution in [0.5, 0.6) is 0 Å². The Morgan fingerprint density at radius 3 is 1.67 bits per heavy atom. The molecule has 0 aliphatic rings. The van der Waals surface area contributed by atoms with Gasteiger partial charge in [0.1, 0.15) is 0 Å². The third kappa shape index (κ3) is 4.79. The Kier molecular flexibility index (Phi) is 6.72. The third-order valence-electron chi connectivity index (χ3n) is 5.04. The second kappa shape index (κ2) is 8.85. The summed E-state index contributed by atoms with van der Waals surface area (Å²) in [5.74, 6) is 0. The van der Waals surface area contributed by atoms with Crippen molar-refractivity contribution in [1.82, 2.24) is 0 Å². The molecule has 0 unspecified atom stereocenters. The molecule has 0 aliphatic heterocycles. The van der Waals surface area contributed by atoms with Crippen molar-refractivity contribution < 1.29 is 4.89 Å². The third-order valence-corrected chi connectivity index (χ3v) is 11.8. The second-order valence-electron chi connectivity index (χ2n) is 7.05. The first kappa shape index (κ1) is 20.5. The van der Waals surface area contributed by atoms with Gasteiger partial charge in [-0.2, -0.15) is 0 Å². The molecule has 0 fully saturated rings. The fraction of sp³-hybridized carbons (Fsp3) is 0.217. The normalized spacial score (nSPS) is 12.4. The Bertz CT molecular complexity index is 878. The molecule has 0 atom stereocenters. The molecule has 1 N–H and O–H groups in total. The van der Waals surface area contributed by atoms with E-state index in [0.29, 0.717) is 6.16 Å². The van der Waals surface area contributed by atoms with Crippen molar-refractivity contribution in [3.05, 3.63) is 89.5 Å². The molecular formula is C23H27ClOP2. The van der Waals surface area contributed by atoms with E-state index in [9.17, 15) is 4.89 Å². The van der Waals surface area contributed by atoms with E-state index in [1.165, 1.54) is 21.7 Å². The molecule has 0 radical (unpaired) electrons. The molecule has 0 amide bonds. The van der Waals surface area contributed by atoms with E-state index in [4.69, 9.17) is 11.2 Å². The summed E-state index contributed by atoms with van der Waals surface area (Å²) in [6.45, 7) is 3.38. The molecule has 0 aromatic heterocycles. The summed E-state index contributed by atoms with van der Waals surface area (Å²) in [6.07, 6.45) is 1.54. The minimum absolute atomic E-state index is 0.567. The predicted molar refractivity (Wildman–Crippen MR) is 125 cm³/mol. The zero-order chi connectivity index (χ0) is 19.4. The van der Waals surface area contributed by atoms with Gasteiger partial charge in [-0.05, 0) is 0 Å². The van der Waals surface area contributed by atoms with Gasteiger partial charge in [0.05, 0.1) is 0 Å². The van der Waals surface area contributed by atoms with E-state index >= 15 is 0 Å². The second-order valence-corrected chi connectivity index (χ2v) is 13.7. The van der Waals surface area contributed by atoms with Gasteiger partial charge in [0.15, 0.2) is 0 Å². The zero-order valence-corrected chi connectivity index (χ0v) is 18.8. The van der Waals surface area contributed by atoms with Gasteiger partial charge in [-0.3, -0.25) is 0 Å². The summed E-state index contributed by atoms with van der Waals surface area (Å²) in [4.78, 5) is 11.2. The molecule has 0 aliphatic carbocycles. The molecule has 1 nitrogen and oxygen atoms in total. The number of rotatable bonds is 6. The Morgan fingerprint density at radius 2 is 1.19 bits per heavy atom. The average molecular weight is 417 g/mol. The van der Waals surface area contributed by atoms with E-state index in [2.05, 4.69) is 62.4 Å². The van der Waals surface area contributed by atoms with Crippen molar-refractivity contribution in [3.8, 4) is 0 Å². The van der Waals surface area contributed by atoms with Gasteiger partial charge in [0.25, 0.3) is 0 Å². The molecule has 142 valence electrons. The summed E-state index contributed by atoms with van der Waals surface area (Å²) in [5, 5.41) is 3.71. The molecule has 0 saturated heterocycles. The van der Waals surface area contributed by atoms with Crippen LogP contribution >= 0.6 is 26.0 Å². The molecule has 3 aromatic rings. The summed E-state index contributed by atoms with van der Waals surface area (Å²) >= 11 is 6.77. The Hall–Kier alpha value is -1.23. The fourth-order valence-electron chi connectivity index (χ4n) is 3.50. The van der Waals surface area contributed by atoms with Crippen LogP contribution in [0.1, 0.15) is 16.7 Å². The van der Waals surface area contributed by atoms with E-state index in [1.807, 2.05) is 31.2 Å². The van der Waals surface area contributed by atoms with Crippen LogP contribution in [0.25, 0.3) is 0 Å². The Balaban J connectivity index is 1.94. The van der Waals surface area contributed by atoms with Crippen molar-refractivity contribution in [2.45, 2.75) is 20.8 Å². The molecular weight excluding hydrogens is 390 g/mol. The average Bonchev–Trinajstić information content (AvgIpc) is 2.64. The van der Waals surface area contributed by atoms with Crippen LogP contribution in [0.15, 0.2) is 72.8 Å². The van der Waals surface area contributed by atoms with Gasteiger partial charge in [0.2, 0.25) is 0 Å². The van der Waals surface area contributed by atoms with Gasteiger partial charge < -0.3 is 0 Å². The van der Waals surface area contributed by atoms with E-state index < -0.39 is 14.8 Å². The summed E-state index contributed by atoms with van der Waals surface area (Å²) in [7, 11) is -0.567. The van der Waals surface area contributed by atoms with Crippen LogP contribution in [-0.2, 0) is 0 Å². The van der Waals surface area contributed by atoms with Crippen molar-refractivity contribution in [3.63, 3.8) is 0 Å². The molecule has 3 rings (SSSR count). The van der Waals surface area contributed by atoms with Crippen LogP contribution in [0.3, 0.4) is 0 Å². The number of benzene rings is 3. The number of hydrogen-bond acceptors (Lipinski definition) is 1. The standard InChI is InChI=1S/C23H27ClOP2/c1-18-10-4-7-13-21(18)26(22-14-8-5-11-19(22)2)16-17-27(24,25)23-15-9-6-12-20(23)3/h4-15,25,27H,16-17H2,1-3H3. The number of halogens is 1.